The summed E-state index contributed by atoms with van der Waals surface area (Å²) < 4.78 is 31.7. The van der Waals surface area contributed by atoms with Gasteiger partial charge in [0.15, 0.2) is 0 Å². The summed E-state index contributed by atoms with van der Waals surface area (Å²) in [4.78, 5) is 14.3. The Hall–Kier alpha value is -0.710. The minimum Gasteiger partial charge on any atom is -0.466 e. The first-order valence-electron chi connectivity index (χ1n) is 15.1. The summed E-state index contributed by atoms with van der Waals surface area (Å²) in [6.07, 6.45) is 22.7. The summed E-state index contributed by atoms with van der Waals surface area (Å²) in [5.74, 6) is -2.60. The highest BCUT2D eigenvalue weighted by atomic mass is 19.3. The van der Waals surface area contributed by atoms with Crippen LogP contribution in [0.3, 0.4) is 0 Å². The molecule has 210 valence electrons. The van der Waals surface area contributed by atoms with Gasteiger partial charge in [-0.3, -0.25) is 4.79 Å². The first-order chi connectivity index (χ1) is 16.9. The number of carbonyl (C=O) groups excluding carboxylic acids is 1. The monoisotopic (exact) mass is 503 g/mol. The maximum atomic E-state index is 13.2. The number of alkyl halides is 2. The lowest BCUT2D eigenvalue weighted by atomic mass is 10.1. The molecule has 0 aromatic heterocycles. The molecule has 0 radical (unpaired) electrons. The summed E-state index contributed by atoms with van der Waals surface area (Å²) in [5.41, 5.74) is 0. The topological polar surface area (TPSA) is 29.5 Å². The lowest BCUT2D eigenvalue weighted by molar-refractivity contribution is -0.143. The van der Waals surface area contributed by atoms with Gasteiger partial charge in [-0.15, -0.1) is 0 Å². The third-order valence-corrected chi connectivity index (χ3v) is 6.78. The third-order valence-electron chi connectivity index (χ3n) is 6.78. The Morgan fingerprint density at radius 2 is 1.06 bits per heavy atom. The summed E-state index contributed by atoms with van der Waals surface area (Å²) >= 11 is 0. The second-order valence-electron chi connectivity index (χ2n) is 10.6. The molecule has 0 bridgehead atoms. The normalized spacial score (nSPS) is 11.9. The first-order valence-corrected chi connectivity index (χ1v) is 15.1. The number of ether oxygens (including phenoxy) is 1. The molecule has 3 nitrogen and oxygen atoms in total. The number of halogens is 2. The molecule has 0 amide bonds. The van der Waals surface area contributed by atoms with Gasteiger partial charge in [-0.2, -0.15) is 0 Å². The molecule has 0 aliphatic carbocycles. The van der Waals surface area contributed by atoms with Crippen LogP contribution in [0.5, 0.6) is 0 Å². The van der Waals surface area contributed by atoms with Crippen LogP contribution in [0.15, 0.2) is 0 Å². The van der Waals surface area contributed by atoms with Crippen molar-refractivity contribution in [2.45, 2.75) is 162 Å². The molecule has 0 rings (SSSR count). The van der Waals surface area contributed by atoms with Gasteiger partial charge in [0.1, 0.15) is 0 Å². The Kier molecular flexibility index (Phi) is 24.5. The molecule has 0 aromatic carbocycles. The zero-order valence-electron chi connectivity index (χ0n) is 23.7. The van der Waals surface area contributed by atoms with E-state index in [0.29, 0.717) is 19.4 Å². The van der Waals surface area contributed by atoms with Crippen LogP contribution >= 0.6 is 0 Å². The maximum absolute atomic E-state index is 13.2. The lowest BCUT2D eigenvalue weighted by Crippen LogP contribution is -2.28. The molecule has 0 aromatic rings. The fraction of sp³-hybridized carbons (Fsp3) is 0.967. The Labute approximate surface area is 217 Å². The molecule has 0 fully saturated rings. The number of hydrogen-bond acceptors (Lipinski definition) is 3. The van der Waals surface area contributed by atoms with E-state index in [9.17, 15) is 13.6 Å². The van der Waals surface area contributed by atoms with Crippen molar-refractivity contribution in [1.29, 1.82) is 0 Å². The Morgan fingerprint density at radius 1 is 0.629 bits per heavy atom. The van der Waals surface area contributed by atoms with Crippen molar-refractivity contribution in [3.8, 4) is 0 Å². The molecule has 0 atom stereocenters. The van der Waals surface area contributed by atoms with Gasteiger partial charge < -0.3 is 9.64 Å². The summed E-state index contributed by atoms with van der Waals surface area (Å²) in [6.45, 7) is 8.88. The maximum Gasteiger partial charge on any atom is 0.305 e. The predicted octanol–water partition coefficient (Wildman–Crippen LogP) is 9.72. The van der Waals surface area contributed by atoms with Crippen molar-refractivity contribution >= 4 is 5.97 Å². The van der Waals surface area contributed by atoms with Crippen LogP contribution in [0.2, 0.25) is 0 Å². The molecular weight excluding hydrogens is 444 g/mol. The smallest absolute Gasteiger partial charge is 0.305 e. The van der Waals surface area contributed by atoms with Crippen molar-refractivity contribution in [1.82, 2.24) is 4.90 Å². The molecule has 5 heteroatoms. The minimum atomic E-state index is -2.55. The molecule has 0 N–H and O–H groups in total. The molecule has 0 heterocycles. The largest absolute Gasteiger partial charge is 0.466 e. The van der Waals surface area contributed by atoms with Gasteiger partial charge in [0, 0.05) is 12.8 Å². The fourth-order valence-corrected chi connectivity index (χ4v) is 4.52. The fourth-order valence-electron chi connectivity index (χ4n) is 4.52. The molecule has 0 unspecified atom stereocenters. The number of carbonyl (C=O) groups is 1. The molecule has 0 saturated heterocycles. The van der Waals surface area contributed by atoms with Crippen LogP contribution in [-0.2, 0) is 9.53 Å². The summed E-state index contributed by atoms with van der Waals surface area (Å²) in [6, 6.07) is 0. The quantitative estimate of drug-likeness (QED) is 0.0825. The van der Waals surface area contributed by atoms with E-state index in [4.69, 9.17) is 4.74 Å². The predicted molar refractivity (Wildman–Crippen MR) is 146 cm³/mol. The number of hydrogen-bond donors (Lipinski definition) is 0. The summed E-state index contributed by atoms with van der Waals surface area (Å²) in [7, 11) is 0. The van der Waals surface area contributed by atoms with E-state index < -0.39 is 5.92 Å². The number of rotatable bonds is 27. The highest BCUT2D eigenvalue weighted by Gasteiger charge is 2.20. The molecule has 0 aliphatic heterocycles. The van der Waals surface area contributed by atoms with E-state index >= 15 is 0 Å². The van der Waals surface area contributed by atoms with Gasteiger partial charge in [-0.1, -0.05) is 104 Å². The number of esters is 1. The number of nitrogens with zero attached hydrogens (tertiary/aromatic N) is 1. The molecular formula is C30H59F2NO2. The van der Waals surface area contributed by atoms with Crippen molar-refractivity contribution in [3.05, 3.63) is 0 Å². The van der Waals surface area contributed by atoms with Crippen LogP contribution in [0, 0.1) is 0 Å². The first kappa shape index (κ1) is 34.3. The highest BCUT2D eigenvalue weighted by molar-refractivity contribution is 5.69. The standard InChI is InChI=1S/C30H59F2NO2/c1-4-6-8-10-12-17-21-28-35-29(34)23-18-14-13-16-20-26-33(27-22-24-30(3,31)32)25-19-15-11-9-7-5-2/h4-28H2,1-3H3. The van der Waals surface area contributed by atoms with Crippen molar-refractivity contribution in [3.63, 3.8) is 0 Å². The molecule has 0 spiro atoms. The van der Waals surface area contributed by atoms with Crippen LogP contribution in [0.4, 0.5) is 8.78 Å². The second-order valence-corrected chi connectivity index (χ2v) is 10.6. The van der Waals surface area contributed by atoms with E-state index in [1.165, 1.54) is 70.6 Å². The van der Waals surface area contributed by atoms with E-state index in [0.717, 1.165) is 71.5 Å². The SMILES string of the molecule is CCCCCCCCCOC(=O)CCCCCCCN(CCCCCCCC)CCCC(C)(F)F. The highest BCUT2D eigenvalue weighted by Crippen LogP contribution is 2.19. The van der Waals surface area contributed by atoms with Crippen LogP contribution < -0.4 is 0 Å². The zero-order chi connectivity index (χ0) is 26.0. The lowest BCUT2D eigenvalue weighted by Gasteiger charge is -2.23. The van der Waals surface area contributed by atoms with Crippen molar-refractivity contribution in [2.75, 3.05) is 26.2 Å². The van der Waals surface area contributed by atoms with Crippen molar-refractivity contribution < 1.29 is 18.3 Å². The average Bonchev–Trinajstić information content (AvgIpc) is 2.81. The van der Waals surface area contributed by atoms with E-state index in [1.54, 1.807) is 0 Å². The zero-order valence-corrected chi connectivity index (χ0v) is 23.7. The summed E-state index contributed by atoms with van der Waals surface area (Å²) in [5, 5.41) is 0. The Balaban J connectivity index is 3.78. The molecule has 35 heavy (non-hydrogen) atoms. The third kappa shape index (κ3) is 27.7. The second kappa shape index (κ2) is 25.0. The molecule has 0 aliphatic rings. The van der Waals surface area contributed by atoms with Gasteiger partial charge in [-0.05, 0) is 58.7 Å². The van der Waals surface area contributed by atoms with Gasteiger partial charge >= 0.3 is 5.97 Å². The van der Waals surface area contributed by atoms with Gasteiger partial charge in [0.05, 0.1) is 6.61 Å². The van der Waals surface area contributed by atoms with Crippen LogP contribution in [0.25, 0.3) is 0 Å². The van der Waals surface area contributed by atoms with Crippen LogP contribution in [-0.4, -0.2) is 43.0 Å². The van der Waals surface area contributed by atoms with Crippen LogP contribution in [0.1, 0.15) is 156 Å². The van der Waals surface area contributed by atoms with E-state index in [-0.39, 0.29) is 12.4 Å². The van der Waals surface area contributed by atoms with Gasteiger partial charge in [0.25, 0.3) is 0 Å². The number of unbranched alkanes of at least 4 members (excludes halogenated alkanes) is 15. The Bertz CT molecular complexity index is 454. The van der Waals surface area contributed by atoms with Gasteiger partial charge in [-0.25, -0.2) is 8.78 Å². The molecule has 0 saturated carbocycles. The van der Waals surface area contributed by atoms with E-state index in [2.05, 4.69) is 18.7 Å². The van der Waals surface area contributed by atoms with E-state index in [1.807, 2.05) is 0 Å². The van der Waals surface area contributed by atoms with Crippen molar-refractivity contribution in [2.24, 2.45) is 0 Å². The minimum absolute atomic E-state index is 0.0188. The average molecular weight is 504 g/mol. The Morgan fingerprint density at radius 3 is 1.57 bits per heavy atom. The van der Waals surface area contributed by atoms with Gasteiger partial charge in [0.2, 0.25) is 5.92 Å².